The number of hydrogen-bond acceptors (Lipinski definition) is 7. The molecule has 2 aromatic heterocycles. The first kappa shape index (κ1) is 23.4. The van der Waals surface area contributed by atoms with Gasteiger partial charge < -0.3 is 24.1 Å². The van der Waals surface area contributed by atoms with Gasteiger partial charge in [0.15, 0.2) is 16.7 Å². The second-order valence-electron chi connectivity index (χ2n) is 7.55. The lowest BCUT2D eigenvalue weighted by atomic mass is 10.2. The minimum atomic E-state index is -0.230. The van der Waals surface area contributed by atoms with Crippen molar-refractivity contribution < 1.29 is 19.0 Å². The van der Waals surface area contributed by atoms with Gasteiger partial charge in [0.2, 0.25) is 11.7 Å². The Morgan fingerprint density at radius 2 is 1.88 bits per heavy atom. The van der Waals surface area contributed by atoms with Crippen LogP contribution in [0.3, 0.4) is 0 Å². The lowest BCUT2D eigenvalue weighted by Crippen LogP contribution is -2.20. The molecule has 0 saturated heterocycles. The van der Waals surface area contributed by atoms with Gasteiger partial charge in [-0.15, -0.1) is 0 Å². The fourth-order valence-electron chi connectivity index (χ4n) is 3.69. The number of aromatic nitrogens is 3. The molecule has 8 nitrogen and oxygen atoms in total. The summed E-state index contributed by atoms with van der Waals surface area (Å²) in [6.07, 6.45) is 3.42. The molecule has 1 N–H and O–H groups in total. The molecule has 0 atom stereocenters. The second-order valence-corrected chi connectivity index (χ2v) is 8.50. The van der Waals surface area contributed by atoms with E-state index in [1.165, 1.54) is 25.3 Å². The number of nitrogens with zero attached hydrogens (tertiary/aromatic N) is 3. The van der Waals surface area contributed by atoms with Crippen LogP contribution in [0.1, 0.15) is 11.1 Å². The maximum Gasteiger partial charge on any atom is 0.244 e. The Morgan fingerprint density at radius 3 is 2.62 bits per heavy atom. The third-order valence-corrected chi connectivity index (χ3v) is 6.29. The Hall–Kier alpha value is -3.72. The number of carbonyl (C=O) groups excluding carboxylic acids is 1. The van der Waals surface area contributed by atoms with E-state index in [1.54, 1.807) is 43.4 Å². The van der Waals surface area contributed by atoms with Crippen molar-refractivity contribution in [2.24, 2.45) is 0 Å². The molecule has 4 aromatic rings. The number of thioether (sulfide) groups is 1. The van der Waals surface area contributed by atoms with Crippen molar-refractivity contribution in [3.05, 3.63) is 66.0 Å². The third kappa shape index (κ3) is 4.94. The highest BCUT2D eigenvalue weighted by Crippen LogP contribution is 2.42. The number of benzene rings is 2. The molecule has 0 spiro atoms. The Balaban J connectivity index is 1.59. The van der Waals surface area contributed by atoms with E-state index in [4.69, 9.17) is 19.2 Å². The normalized spacial score (nSPS) is 10.8. The van der Waals surface area contributed by atoms with Crippen molar-refractivity contribution in [1.82, 2.24) is 14.5 Å². The number of amides is 1. The van der Waals surface area contributed by atoms with E-state index in [1.807, 2.05) is 16.7 Å². The van der Waals surface area contributed by atoms with Crippen molar-refractivity contribution in [1.29, 1.82) is 0 Å². The summed E-state index contributed by atoms with van der Waals surface area (Å²) in [7, 11) is 4.58. The van der Waals surface area contributed by atoms with Gasteiger partial charge in [-0.3, -0.25) is 9.78 Å². The summed E-state index contributed by atoms with van der Waals surface area (Å²) in [5, 5.41) is 3.67. The SMILES string of the molecule is COc1ccc(NC(=O)Cn2c(SCc3cccc(C)c3)nc3ccncc32)c(OC)c1OC. The molecule has 34 heavy (non-hydrogen) atoms. The number of hydrogen-bond donors (Lipinski definition) is 1. The summed E-state index contributed by atoms with van der Waals surface area (Å²) in [6, 6.07) is 13.6. The number of ether oxygens (including phenoxy) is 3. The first-order valence-electron chi connectivity index (χ1n) is 10.6. The van der Waals surface area contributed by atoms with E-state index in [2.05, 4.69) is 35.4 Å². The fourth-order valence-corrected chi connectivity index (χ4v) is 4.65. The molecule has 0 saturated carbocycles. The Morgan fingerprint density at radius 1 is 1.06 bits per heavy atom. The lowest BCUT2D eigenvalue weighted by Gasteiger charge is -2.16. The van der Waals surface area contributed by atoms with Gasteiger partial charge in [0.05, 0.1) is 44.2 Å². The van der Waals surface area contributed by atoms with E-state index in [9.17, 15) is 4.79 Å². The van der Waals surface area contributed by atoms with Crippen molar-refractivity contribution in [3.8, 4) is 17.2 Å². The molecule has 0 unspecified atom stereocenters. The number of nitrogens with one attached hydrogen (secondary N) is 1. The number of aryl methyl sites for hydroxylation is 1. The number of pyridine rings is 1. The number of fused-ring (bicyclic) bond motifs is 1. The molecule has 2 heterocycles. The molecule has 176 valence electrons. The van der Waals surface area contributed by atoms with E-state index in [-0.39, 0.29) is 12.5 Å². The van der Waals surface area contributed by atoms with Crippen molar-refractivity contribution in [2.75, 3.05) is 26.6 Å². The monoisotopic (exact) mass is 478 g/mol. The Kier molecular flexibility index (Phi) is 7.22. The van der Waals surface area contributed by atoms with Crippen LogP contribution in [0.2, 0.25) is 0 Å². The molecule has 0 aliphatic heterocycles. The van der Waals surface area contributed by atoms with Crippen LogP contribution >= 0.6 is 11.8 Å². The van der Waals surface area contributed by atoms with Gasteiger partial charge in [0.1, 0.15) is 6.54 Å². The maximum atomic E-state index is 13.1. The van der Waals surface area contributed by atoms with Gasteiger partial charge in [0.25, 0.3) is 0 Å². The van der Waals surface area contributed by atoms with Crippen LogP contribution in [0.4, 0.5) is 5.69 Å². The molecule has 2 aromatic carbocycles. The minimum absolute atomic E-state index is 0.0653. The van der Waals surface area contributed by atoms with E-state index < -0.39 is 0 Å². The lowest BCUT2D eigenvalue weighted by molar-refractivity contribution is -0.116. The average Bonchev–Trinajstić information content (AvgIpc) is 3.19. The van der Waals surface area contributed by atoms with E-state index in [0.717, 1.165) is 21.9 Å². The second kappa shape index (κ2) is 10.5. The van der Waals surface area contributed by atoms with Crippen LogP contribution < -0.4 is 19.5 Å². The van der Waals surface area contributed by atoms with E-state index >= 15 is 0 Å². The first-order valence-corrected chi connectivity index (χ1v) is 11.6. The molecule has 0 aliphatic carbocycles. The summed E-state index contributed by atoms with van der Waals surface area (Å²) in [5.74, 6) is 1.82. The van der Waals surface area contributed by atoms with Gasteiger partial charge in [-0.25, -0.2) is 4.98 Å². The number of anilines is 1. The number of rotatable bonds is 9. The van der Waals surface area contributed by atoms with Crippen molar-refractivity contribution in [2.45, 2.75) is 24.4 Å². The third-order valence-electron chi connectivity index (χ3n) is 5.25. The zero-order valence-corrected chi connectivity index (χ0v) is 20.3. The van der Waals surface area contributed by atoms with Crippen molar-refractivity contribution >= 4 is 34.4 Å². The summed E-state index contributed by atoms with van der Waals surface area (Å²) in [4.78, 5) is 22.1. The molecule has 9 heteroatoms. The van der Waals surface area contributed by atoms with Gasteiger partial charge in [-0.05, 0) is 30.7 Å². The predicted molar refractivity (Wildman–Crippen MR) is 133 cm³/mol. The topological polar surface area (TPSA) is 87.5 Å². The molecule has 0 bridgehead atoms. The quantitative estimate of drug-likeness (QED) is 0.349. The van der Waals surface area contributed by atoms with Crippen LogP contribution in [0.5, 0.6) is 17.2 Å². The molecule has 0 aliphatic rings. The zero-order chi connectivity index (χ0) is 24.1. The van der Waals surface area contributed by atoms with Crippen LogP contribution in [0, 0.1) is 6.92 Å². The highest BCUT2D eigenvalue weighted by molar-refractivity contribution is 7.98. The molecule has 4 rings (SSSR count). The Labute approximate surface area is 202 Å². The van der Waals surface area contributed by atoms with E-state index in [0.29, 0.717) is 22.9 Å². The number of carbonyl (C=O) groups is 1. The summed E-state index contributed by atoms with van der Waals surface area (Å²) < 4.78 is 18.1. The molecule has 0 radical (unpaired) electrons. The van der Waals surface area contributed by atoms with Gasteiger partial charge in [0, 0.05) is 11.9 Å². The molecular weight excluding hydrogens is 452 g/mol. The van der Waals surface area contributed by atoms with Crippen LogP contribution in [-0.2, 0) is 17.1 Å². The van der Waals surface area contributed by atoms with Gasteiger partial charge in [-0.1, -0.05) is 41.6 Å². The average molecular weight is 479 g/mol. The highest BCUT2D eigenvalue weighted by Gasteiger charge is 2.19. The summed E-state index contributed by atoms with van der Waals surface area (Å²) >= 11 is 1.58. The first-order chi connectivity index (χ1) is 16.5. The standard InChI is InChI=1S/C25H26N4O4S/c1-16-6-5-7-17(12-16)15-34-25-28-18-10-11-26-13-20(18)29(25)14-22(30)27-19-8-9-21(31-2)24(33-4)23(19)32-3/h5-13H,14-15H2,1-4H3,(H,27,30). The van der Waals surface area contributed by atoms with Crippen molar-refractivity contribution in [3.63, 3.8) is 0 Å². The predicted octanol–water partition coefficient (Wildman–Crippen LogP) is 4.70. The fraction of sp³-hybridized carbons (Fsp3) is 0.240. The minimum Gasteiger partial charge on any atom is -0.493 e. The Bertz CT molecular complexity index is 1320. The zero-order valence-electron chi connectivity index (χ0n) is 19.5. The maximum absolute atomic E-state index is 13.1. The van der Waals surface area contributed by atoms with Crippen LogP contribution in [0.15, 0.2) is 60.0 Å². The van der Waals surface area contributed by atoms with Gasteiger partial charge in [-0.2, -0.15) is 0 Å². The largest absolute Gasteiger partial charge is 0.493 e. The molecular formula is C25H26N4O4S. The molecule has 1 amide bonds. The van der Waals surface area contributed by atoms with Crippen LogP contribution in [-0.4, -0.2) is 41.8 Å². The number of methoxy groups -OCH3 is 3. The summed E-state index contributed by atoms with van der Waals surface area (Å²) in [5.41, 5.74) is 4.48. The smallest absolute Gasteiger partial charge is 0.244 e. The van der Waals surface area contributed by atoms with Crippen LogP contribution in [0.25, 0.3) is 11.0 Å². The molecule has 0 fully saturated rings. The number of imidazole rings is 1. The summed E-state index contributed by atoms with van der Waals surface area (Å²) in [6.45, 7) is 2.14. The van der Waals surface area contributed by atoms with Gasteiger partial charge >= 0.3 is 0 Å². The highest BCUT2D eigenvalue weighted by atomic mass is 32.2.